The molecule has 28 heavy (non-hydrogen) atoms. The summed E-state index contributed by atoms with van der Waals surface area (Å²) >= 11 is 1.58. The monoisotopic (exact) mass is 398 g/mol. The average Bonchev–Trinajstić information content (AvgIpc) is 3.08. The van der Waals surface area contributed by atoms with Gasteiger partial charge in [-0.3, -0.25) is 9.69 Å². The number of amides is 1. The number of hydrogen-bond donors (Lipinski definition) is 1. The molecule has 3 aromatic rings. The van der Waals surface area contributed by atoms with Gasteiger partial charge in [-0.1, -0.05) is 23.5 Å². The molecule has 1 heterocycles. The topological polar surface area (TPSA) is 46.9 Å². The van der Waals surface area contributed by atoms with Gasteiger partial charge in [0, 0.05) is 18.5 Å². The van der Waals surface area contributed by atoms with Crippen molar-refractivity contribution >= 4 is 32.6 Å². The number of aromatic nitrogens is 1. The summed E-state index contributed by atoms with van der Waals surface area (Å²) in [5.74, 6) is 0.639. The van der Waals surface area contributed by atoms with Crippen LogP contribution in [-0.2, 0) is 0 Å². The third kappa shape index (κ3) is 4.51. The summed E-state index contributed by atoms with van der Waals surface area (Å²) in [5.41, 5.74) is 3.95. The number of ether oxygens (including phenoxy) is 1. The first-order chi connectivity index (χ1) is 13.4. The van der Waals surface area contributed by atoms with Crippen LogP contribution in [0.15, 0.2) is 36.4 Å². The van der Waals surface area contributed by atoms with Crippen molar-refractivity contribution in [1.82, 2.24) is 4.98 Å². The van der Waals surface area contributed by atoms with Gasteiger partial charge in [-0.15, -0.1) is 0 Å². The lowest BCUT2D eigenvalue weighted by Crippen LogP contribution is -3.05. The van der Waals surface area contributed by atoms with E-state index in [0.29, 0.717) is 17.9 Å². The Labute approximate surface area is 170 Å². The number of nitrogens with zero attached hydrogens (tertiary/aromatic N) is 2. The van der Waals surface area contributed by atoms with Gasteiger partial charge in [0.05, 0.1) is 38.0 Å². The van der Waals surface area contributed by atoms with E-state index in [0.717, 1.165) is 33.9 Å². The average molecular weight is 399 g/mol. The first kappa shape index (κ1) is 20.3. The minimum atomic E-state index is -0.0407. The lowest BCUT2D eigenvalue weighted by atomic mass is 10.1. The van der Waals surface area contributed by atoms with Crippen LogP contribution >= 0.6 is 11.3 Å². The van der Waals surface area contributed by atoms with Crippen molar-refractivity contribution in [1.29, 1.82) is 0 Å². The predicted octanol–water partition coefficient (Wildman–Crippen LogP) is 3.10. The molecule has 0 unspecified atom stereocenters. The number of carbonyl (C=O) groups is 1. The van der Waals surface area contributed by atoms with Crippen LogP contribution in [0.4, 0.5) is 5.13 Å². The molecule has 1 aromatic heterocycles. The largest absolute Gasteiger partial charge is 0.497 e. The Bertz CT molecular complexity index is 981. The molecule has 0 atom stereocenters. The Kier molecular flexibility index (Phi) is 6.31. The molecule has 2 aromatic carbocycles. The van der Waals surface area contributed by atoms with E-state index in [4.69, 9.17) is 9.72 Å². The van der Waals surface area contributed by atoms with Crippen LogP contribution < -0.4 is 14.5 Å². The smallest absolute Gasteiger partial charge is 0.260 e. The number of thiazole rings is 1. The van der Waals surface area contributed by atoms with Gasteiger partial charge >= 0.3 is 0 Å². The number of methoxy groups -OCH3 is 1. The molecule has 0 bridgehead atoms. The van der Waals surface area contributed by atoms with Gasteiger partial charge in [0.2, 0.25) is 0 Å². The van der Waals surface area contributed by atoms with E-state index >= 15 is 0 Å². The molecular formula is C22H28N3O2S+. The third-order valence-electron chi connectivity index (χ3n) is 4.67. The maximum absolute atomic E-state index is 13.3. The minimum Gasteiger partial charge on any atom is -0.497 e. The van der Waals surface area contributed by atoms with E-state index in [1.165, 1.54) is 10.5 Å². The Morgan fingerprint density at radius 3 is 2.71 bits per heavy atom. The molecular weight excluding hydrogens is 370 g/mol. The summed E-state index contributed by atoms with van der Waals surface area (Å²) < 4.78 is 6.41. The number of anilines is 1. The molecule has 3 rings (SSSR count). The van der Waals surface area contributed by atoms with Crippen molar-refractivity contribution < 1.29 is 14.4 Å². The Morgan fingerprint density at radius 1 is 1.21 bits per heavy atom. The summed E-state index contributed by atoms with van der Waals surface area (Å²) in [6.07, 6.45) is 0.909. The van der Waals surface area contributed by atoms with Crippen LogP contribution in [0, 0.1) is 13.8 Å². The summed E-state index contributed by atoms with van der Waals surface area (Å²) in [6.45, 7) is 5.79. The van der Waals surface area contributed by atoms with Crippen LogP contribution in [0.25, 0.3) is 10.2 Å². The highest BCUT2D eigenvalue weighted by molar-refractivity contribution is 7.22. The first-order valence-electron chi connectivity index (χ1n) is 9.52. The van der Waals surface area contributed by atoms with E-state index in [2.05, 4.69) is 40.1 Å². The van der Waals surface area contributed by atoms with Gasteiger partial charge in [0.15, 0.2) is 5.13 Å². The summed E-state index contributed by atoms with van der Waals surface area (Å²) in [4.78, 5) is 21.4. The van der Waals surface area contributed by atoms with Gasteiger partial charge < -0.3 is 9.64 Å². The molecule has 1 N–H and O–H groups in total. The Hall–Kier alpha value is -2.44. The highest BCUT2D eigenvalue weighted by Crippen LogP contribution is 2.32. The number of benzene rings is 2. The number of rotatable bonds is 7. The van der Waals surface area contributed by atoms with Crippen molar-refractivity contribution in [2.24, 2.45) is 0 Å². The van der Waals surface area contributed by atoms with Crippen molar-refractivity contribution in [3.63, 3.8) is 0 Å². The van der Waals surface area contributed by atoms with E-state index < -0.39 is 0 Å². The second kappa shape index (κ2) is 8.71. The zero-order valence-corrected chi connectivity index (χ0v) is 18.0. The summed E-state index contributed by atoms with van der Waals surface area (Å²) in [7, 11) is 5.86. The minimum absolute atomic E-state index is 0.0407. The number of fused-ring (bicyclic) bond motifs is 1. The lowest BCUT2D eigenvalue weighted by molar-refractivity contribution is -0.858. The molecule has 0 fully saturated rings. The van der Waals surface area contributed by atoms with Gasteiger partial charge in [-0.2, -0.15) is 0 Å². The van der Waals surface area contributed by atoms with Crippen molar-refractivity contribution in [2.75, 3.05) is 39.2 Å². The first-order valence-corrected chi connectivity index (χ1v) is 10.3. The lowest BCUT2D eigenvalue weighted by Gasteiger charge is -2.20. The molecule has 6 heteroatoms. The maximum atomic E-state index is 13.3. The Balaban J connectivity index is 1.98. The van der Waals surface area contributed by atoms with Crippen LogP contribution in [-0.4, -0.2) is 45.2 Å². The second-order valence-electron chi connectivity index (χ2n) is 7.42. The van der Waals surface area contributed by atoms with E-state index in [9.17, 15) is 4.79 Å². The number of carbonyl (C=O) groups excluding carboxylic acids is 1. The summed E-state index contributed by atoms with van der Waals surface area (Å²) in [6, 6.07) is 11.6. The number of quaternary nitrogens is 1. The van der Waals surface area contributed by atoms with Crippen LogP contribution in [0.5, 0.6) is 5.75 Å². The van der Waals surface area contributed by atoms with E-state index in [1.807, 2.05) is 23.1 Å². The highest BCUT2D eigenvalue weighted by Gasteiger charge is 2.22. The van der Waals surface area contributed by atoms with E-state index in [-0.39, 0.29) is 5.91 Å². The van der Waals surface area contributed by atoms with Crippen molar-refractivity contribution in [2.45, 2.75) is 20.3 Å². The predicted molar refractivity (Wildman–Crippen MR) is 116 cm³/mol. The van der Waals surface area contributed by atoms with Crippen LogP contribution in [0.3, 0.4) is 0 Å². The van der Waals surface area contributed by atoms with Crippen molar-refractivity contribution in [3.05, 3.63) is 53.1 Å². The fraction of sp³-hybridized carbons (Fsp3) is 0.364. The van der Waals surface area contributed by atoms with Gasteiger partial charge in [-0.25, -0.2) is 4.98 Å². The molecule has 0 aliphatic carbocycles. The molecule has 0 saturated heterocycles. The van der Waals surface area contributed by atoms with Crippen molar-refractivity contribution in [3.8, 4) is 5.75 Å². The molecule has 5 nitrogen and oxygen atoms in total. The fourth-order valence-corrected chi connectivity index (χ4v) is 4.43. The van der Waals surface area contributed by atoms with Gasteiger partial charge in [0.25, 0.3) is 5.91 Å². The number of aryl methyl sites for hydroxylation is 2. The third-order valence-corrected chi connectivity index (χ3v) is 5.70. The zero-order valence-electron chi connectivity index (χ0n) is 17.2. The fourth-order valence-electron chi connectivity index (χ4n) is 3.26. The molecule has 0 spiro atoms. The normalized spacial score (nSPS) is 11.2. The zero-order chi connectivity index (χ0) is 20.3. The maximum Gasteiger partial charge on any atom is 0.260 e. The second-order valence-corrected chi connectivity index (χ2v) is 8.43. The number of hydrogen-bond acceptors (Lipinski definition) is 4. The Morgan fingerprint density at radius 2 is 2.00 bits per heavy atom. The molecule has 0 aliphatic rings. The summed E-state index contributed by atoms with van der Waals surface area (Å²) in [5, 5.41) is 0.755. The molecule has 1 amide bonds. The molecule has 0 aliphatic heterocycles. The standard InChI is InChI=1S/C22H27N3O2S/c1-15-12-16(2)20-19(13-15)28-22(23-20)25(11-7-10-24(3)4)21(26)17-8-6-9-18(14-17)27-5/h6,8-9,12-14H,7,10-11H2,1-5H3/p+1. The molecule has 0 saturated carbocycles. The number of nitrogens with one attached hydrogen (secondary N) is 1. The van der Waals surface area contributed by atoms with E-state index in [1.54, 1.807) is 24.5 Å². The quantitative estimate of drug-likeness (QED) is 0.665. The molecule has 148 valence electrons. The van der Waals surface area contributed by atoms with Gasteiger partial charge in [-0.05, 0) is 49.2 Å². The van der Waals surface area contributed by atoms with Crippen LogP contribution in [0.2, 0.25) is 0 Å². The highest BCUT2D eigenvalue weighted by atomic mass is 32.1. The SMILES string of the molecule is COc1cccc(C(=O)N(CCC[NH+](C)C)c2nc3c(C)cc(C)cc3s2)c1. The molecule has 0 radical (unpaired) electrons. The van der Waals surface area contributed by atoms with Gasteiger partial charge in [0.1, 0.15) is 5.75 Å². The van der Waals surface area contributed by atoms with Crippen LogP contribution in [0.1, 0.15) is 27.9 Å².